The fraction of sp³-hybridized carbons (Fsp3) is 0.652. The van der Waals surface area contributed by atoms with Crippen LogP contribution in [0.5, 0.6) is 0 Å². The molecular weight excluding hydrogens is 455 g/mol. The van der Waals surface area contributed by atoms with E-state index < -0.39 is 23.6 Å². The maximum absolute atomic E-state index is 14.5. The Balaban J connectivity index is 1.59. The van der Waals surface area contributed by atoms with Crippen molar-refractivity contribution in [2.24, 2.45) is 11.8 Å². The molecular formula is C23H24F7NO2. The Bertz CT molecular complexity index is 941. The summed E-state index contributed by atoms with van der Waals surface area (Å²) in [5, 5.41) is 0. The highest BCUT2D eigenvalue weighted by Gasteiger charge is 2.73. The van der Waals surface area contributed by atoms with Gasteiger partial charge in [0.25, 0.3) is 0 Å². The number of Topliss-reactive ketones (excluding diaryl/α,β-unsaturated/α-hetero) is 1. The number of carbonyl (C=O) groups excluding carboxylic acids is 2. The van der Waals surface area contributed by atoms with Gasteiger partial charge in [-0.1, -0.05) is 25.1 Å². The number of halogens is 7. The van der Waals surface area contributed by atoms with E-state index in [0.717, 1.165) is 6.07 Å². The van der Waals surface area contributed by atoms with Gasteiger partial charge < -0.3 is 4.90 Å². The lowest BCUT2D eigenvalue weighted by Gasteiger charge is -2.38. The second kappa shape index (κ2) is 7.98. The largest absolute Gasteiger partial charge is 0.435 e. The number of amides is 1. The molecule has 3 aliphatic rings. The first-order chi connectivity index (χ1) is 15.3. The van der Waals surface area contributed by atoms with E-state index in [9.17, 15) is 40.3 Å². The molecule has 0 N–H and O–H groups in total. The van der Waals surface area contributed by atoms with Crippen LogP contribution in [0.1, 0.15) is 61.6 Å². The summed E-state index contributed by atoms with van der Waals surface area (Å²) in [5.74, 6) is -0.470. The normalized spacial score (nSPS) is 28.5. The number of alkyl halides is 7. The number of rotatable bonds is 2. The number of carbonyl (C=O) groups is 2. The molecule has 0 spiro atoms. The van der Waals surface area contributed by atoms with E-state index in [-0.39, 0.29) is 47.5 Å². The molecule has 1 saturated heterocycles. The minimum absolute atomic E-state index is 0.0421. The molecule has 0 unspecified atom stereocenters. The highest BCUT2D eigenvalue weighted by atomic mass is 19.4. The lowest BCUT2D eigenvalue weighted by molar-refractivity contribution is -0.348. The van der Waals surface area contributed by atoms with E-state index in [1.165, 1.54) is 0 Å². The molecule has 2 aliphatic carbocycles. The third-order valence-electron chi connectivity index (χ3n) is 7.55. The number of nitrogens with zero attached hydrogens (tertiary/aromatic N) is 1. The number of hydrogen-bond donors (Lipinski definition) is 0. The first-order valence-corrected chi connectivity index (χ1v) is 11.0. The van der Waals surface area contributed by atoms with Crippen LogP contribution in [0.4, 0.5) is 30.7 Å². The maximum atomic E-state index is 14.5. The van der Waals surface area contributed by atoms with Crippen molar-refractivity contribution in [2.75, 3.05) is 6.54 Å². The van der Waals surface area contributed by atoms with Gasteiger partial charge in [0, 0.05) is 42.8 Å². The first-order valence-electron chi connectivity index (χ1n) is 11.0. The zero-order chi connectivity index (χ0) is 24.3. The molecule has 0 aromatic heterocycles. The van der Waals surface area contributed by atoms with Crippen LogP contribution in [0.25, 0.3) is 0 Å². The van der Waals surface area contributed by atoms with Crippen molar-refractivity contribution < 1.29 is 40.3 Å². The third-order valence-corrected chi connectivity index (χ3v) is 7.55. The van der Waals surface area contributed by atoms with E-state index in [4.69, 9.17) is 0 Å². The van der Waals surface area contributed by atoms with Crippen LogP contribution in [0.3, 0.4) is 0 Å². The number of aryl methyl sites for hydroxylation is 1. The molecule has 4 rings (SSSR count). The Morgan fingerprint density at radius 1 is 0.970 bits per heavy atom. The maximum Gasteiger partial charge on any atom is 0.435 e. The Hall–Kier alpha value is -2.13. The van der Waals surface area contributed by atoms with Gasteiger partial charge in [-0.15, -0.1) is 0 Å². The summed E-state index contributed by atoms with van der Waals surface area (Å²) in [7, 11) is 0. The van der Waals surface area contributed by atoms with E-state index in [1.54, 1.807) is 4.90 Å². The van der Waals surface area contributed by atoms with Crippen molar-refractivity contribution in [1.29, 1.82) is 0 Å². The molecule has 3 nitrogen and oxygen atoms in total. The zero-order valence-corrected chi connectivity index (χ0v) is 17.9. The number of ketones is 1. The Kier molecular flexibility index (Phi) is 5.80. The Morgan fingerprint density at radius 3 is 2.24 bits per heavy atom. The van der Waals surface area contributed by atoms with Crippen molar-refractivity contribution >= 4 is 11.7 Å². The molecule has 1 aromatic rings. The summed E-state index contributed by atoms with van der Waals surface area (Å²) in [6, 6.07) is 2.21. The summed E-state index contributed by atoms with van der Waals surface area (Å²) in [6.07, 6.45) is -10.0. The van der Waals surface area contributed by atoms with Gasteiger partial charge in [0.1, 0.15) is 5.78 Å². The smallest absolute Gasteiger partial charge is 0.339 e. The fourth-order valence-corrected chi connectivity index (χ4v) is 5.82. The van der Waals surface area contributed by atoms with Crippen LogP contribution in [0.2, 0.25) is 0 Å². The average molecular weight is 479 g/mol. The number of likely N-dealkylation sites (tertiary alicyclic amines) is 1. The van der Waals surface area contributed by atoms with Crippen LogP contribution in [-0.2, 0) is 21.7 Å². The molecule has 1 aliphatic heterocycles. The van der Waals surface area contributed by atoms with Gasteiger partial charge in [-0.2, -0.15) is 26.3 Å². The molecule has 1 amide bonds. The topological polar surface area (TPSA) is 37.4 Å². The van der Waals surface area contributed by atoms with Crippen molar-refractivity contribution in [1.82, 2.24) is 4.90 Å². The van der Waals surface area contributed by atoms with Gasteiger partial charge in [-0.3, -0.25) is 9.59 Å². The molecule has 4 atom stereocenters. The van der Waals surface area contributed by atoms with Crippen molar-refractivity contribution in [3.63, 3.8) is 0 Å². The molecule has 33 heavy (non-hydrogen) atoms. The van der Waals surface area contributed by atoms with Gasteiger partial charge in [0.2, 0.25) is 5.91 Å². The van der Waals surface area contributed by atoms with E-state index in [2.05, 4.69) is 0 Å². The third kappa shape index (κ3) is 3.83. The van der Waals surface area contributed by atoms with E-state index in [0.29, 0.717) is 56.3 Å². The SMILES string of the molecule is C[C@@H]1CC(=O)CC[C@H]1C(=O)N1CC[C@H]2c3ccc(C(F)(C(F)(F)F)C(F)(F)F)cc3CC[C@H]21. The molecule has 2 fully saturated rings. The molecule has 0 bridgehead atoms. The summed E-state index contributed by atoms with van der Waals surface area (Å²) in [4.78, 5) is 26.6. The lowest BCUT2D eigenvalue weighted by atomic mass is 9.76. The second-order valence-electron chi connectivity index (χ2n) is 9.47. The van der Waals surface area contributed by atoms with E-state index in [1.807, 2.05) is 6.92 Å². The lowest BCUT2D eigenvalue weighted by Crippen LogP contribution is -2.50. The van der Waals surface area contributed by atoms with Crippen molar-refractivity contribution in [3.8, 4) is 0 Å². The number of fused-ring (bicyclic) bond motifs is 3. The second-order valence-corrected chi connectivity index (χ2v) is 9.47. The monoisotopic (exact) mass is 479 g/mol. The Labute approximate surface area is 186 Å². The van der Waals surface area contributed by atoms with Crippen LogP contribution < -0.4 is 0 Å². The summed E-state index contributed by atoms with van der Waals surface area (Å²) in [6.45, 7) is 2.31. The predicted octanol–water partition coefficient (Wildman–Crippen LogP) is 5.61. The summed E-state index contributed by atoms with van der Waals surface area (Å²) in [5.41, 5.74) is -6.08. The molecule has 1 aromatic carbocycles. The van der Waals surface area contributed by atoms with Crippen molar-refractivity contribution in [2.45, 2.75) is 75.4 Å². The van der Waals surface area contributed by atoms with Gasteiger partial charge in [0.15, 0.2) is 0 Å². The van der Waals surface area contributed by atoms with Crippen LogP contribution in [0.15, 0.2) is 18.2 Å². The molecule has 1 saturated carbocycles. The quantitative estimate of drug-likeness (QED) is 0.517. The first kappa shape index (κ1) is 24.0. The zero-order valence-electron chi connectivity index (χ0n) is 17.9. The number of benzene rings is 1. The minimum Gasteiger partial charge on any atom is -0.339 e. The summed E-state index contributed by atoms with van der Waals surface area (Å²) < 4.78 is 93.4. The molecule has 0 radical (unpaired) electrons. The highest BCUT2D eigenvalue weighted by Crippen LogP contribution is 2.54. The van der Waals surface area contributed by atoms with Crippen molar-refractivity contribution in [3.05, 3.63) is 34.9 Å². The summed E-state index contributed by atoms with van der Waals surface area (Å²) >= 11 is 0. The van der Waals surface area contributed by atoms with E-state index >= 15 is 0 Å². The van der Waals surface area contributed by atoms with Crippen LogP contribution in [-0.4, -0.2) is 41.5 Å². The molecule has 10 heteroatoms. The van der Waals surface area contributed by atoms with Crippen LogP contribution >= 0.6 is 0 Å². The molecule has 1 heterocycles. The number of hydrogen-bond acceptors (Lipinski definition) is 2. The molecule has 182 valence electrons. The highest BCUT2D eigenvalue weighted by molar-refractivity contribution is 5.85. The Morgan fingerprint density at radius 2 is 1.64 bits per heavy atom. The average Bonchev–Trinajstić information content (AvgIpc) is 3.15. The van der Waals surface area contributed by atoms with Gasteiger partial charge >= 0.3 is 18.0 Å². The van der Waals surface area contributed by atoms with Gasteiger partial charge in [0.05, 0.1) is 0 Å². The van der Waals surface area contributed by atoms with Crippen LogP contribution in [0, 0.1) is 11.8 Å². The van der Waals surface area contributed by atoms with Gasteiger partial charge in [-0.25, -0.2) is 4.39 Å². The van der Waals surface area contributed by atoms with Gasteiger partial charge in [-0.05, 0) is 42.7 Å². The fourth-order valence-electron chi connectivity index (χ4n) is 5.82. The standard InChI is InChI=1S/C23H24F7NO2/c1-12-10-15(32)4-6-16(12)20(33)31-9-8-18-17-5-3-14(11-13(17)2-7-19(18)31)21(24,22(25,26)27)23(28,29)30/h3,5,11-12,16,18-19H,2,4,6-10H2,1H3/t12-,16-,18+,19-/m1/s1. The predicted molar refractivity (Wildman–Crippen MR) is 104 cm³/mol. The minimum atomic E-state index is -6.15.